The van der Waals surface area contributed by atoms with Crippen LogP contribution in [0.5, 0.6) is 0 Å². The summed E-state index contributed by atoms with van der Waals surface area (Å²) in [6.07, 6.45) is 0. The maximum absolute atomic E-state index is 13.1. The fourth-order valence-electron chi connectivity index (χ4n) is 3.50. The van der Waals surface area contributed by atoms with Crippen LogP contribution in [-0.2, 0) is 10.2 Å². The molecule has 0 amide bonds. The van der Waals surface area contributed by atoms with Gasteiger partial charge in [-0.15, -0.1) is 0 Å². The molecule has 0 aliphatic carbocycles. The van der Waals surface area contributed by atoms with Gasteiger partial charge in [0.05, 0.1) is 0 Å². The molecule has 0 N–H and O–H groups in total. The van der Waals surface area contributed by atoms with E-state index in [0.29, 0.717) is 0 Å². The predicted molar refractivity (Wildman–Crippen MR) is 104 cm³/mol. The van der Waals surface area contributed by atoms with E-state index < -0.39 is 5.41 Å². The van der Waals surface area contributed by atoms with Gasteiger partial charge >= 0.3 is 0 Å². The van der Waals surface area contributed by atoms with Crippen molar-refractivity contribution in [2.45, 2.75) is 12.3 Å². The number of ketones is 1. The number of carbonyl (C=O) groups is 1. The molecule has 2 nitrogen and oxygen atoms in total. The molecule has 25 heavy (non-hydrogen) atoms. The summed E-state index contributed by atoms with van der Waals surface area (Å²) in [5.41, 5.74) is 3.24. The summed E-state index contributed by atoms with van der Waals surface area (Å²) in [5, 5.41) is 0. The summed E-state index contributed by atoms with van der Waals surface area (Å²) < 4.78 is 0. The Bertz CT molecular complexity index is 814. The highest BCUT2D eigenvalue weighted by molar-refractivity contribution is 5.96. The first-order chi connectivity index (χ1) is 12.1. The van der Waals surface area contributed by atoms with E-state index in [0.717, 1.165) is 22.4 Å². The highest BCUT2D eigenvalue weighted by Gasteiger charge is 2.41. The normalized spacial score (nSPS) is 11.2. The summed E-state index contributed by atoms with van der Waals surface area (Å²) in [5.74, 6) is 0.112. The minimum Gasteiger partial charge on any atom is -0.378 e. The molecule has 0 bridgehead atoms. The molecule has 0 spiro atoms. The van der Waals surface area contributed by atoms with Gasteiger partial charge in [0.1, 0.15) is 11.2 Å². The molecular weight excluding hydrogens is 306 g/mol. The fraction of sp³-hybridized carbons (Fsp3) is 0.174. The van der Waals surface area contributed by atoms with Crippen molar-refractivity contribution >= 4 is 11.5 Å². The Morgan fingerprint density at radius 1 is 0.720 bits per heavy atom. The van der Waals surface area contributed by atoms with Crippen LogP contribution in [0.25, 0.3) is 0 Å². The number of nitrogens with zero attached hydrogens (tertiary/aromatic N) is 1. The number of Topliss-reactive ketones (excluding diaryl/α,β-unsaturated/α-hetero) is 1. The summed E-state index contributed by atoms with van der Waals surface area (Å²) in [6.45, 7) is 1.68. The lowest BCUT2D eigenvalue weighted by molar-refractivity contribution is -0.119. The van der Waals surface area contributed by atoms with Crippen LogP contribution < -0.4 is 4.90 Å². The zero-order chi connectivity index (χ0) is 17.9. The van der Waals surface area contributed by atoms with Gasteiger partial charge in [0.25, 0.3) is 0 Å². The zero-order valence-corrected chi connectivity index (χ0v) is 14.9. The minimum absolute atomic E-state index is 0.112. The van der Waals surface area contributed by atoms with Crippen LogP contribution in [0.1, 0.15) is 23.6 Å². The number of hydrogen-bond acceptors (Lipinski definition) is 2. The van der Waals surface area contributed by atoms with Gasteiger partial charge in [-0.3, -0.25) is 4.79 Å². The van der Waals surface area contributed by atoms with Crippen molar-refractivity contribution in [3.05, 3.63) is 102 Å². The average molecular weight is 329 g/mol. The molecule has 3 rings (SSSR count). The highest BCUT2D eigenvalue weighted by atomic mass is 16.1. The van der Waals surface area contributed by atoms with Gasteiger partial charge in [-0.1, -0.05) is 72.8 Å². The molecular formula is C23H23NO. The quantitative estimate of drug-likeness (QED) is 0.634. The van der Waals surface area contributed by atoms with E-state index in [-0.39, 0.29) is 5.78 Å². The standard InChI is InChI=1S/C23H23NO/c1-18(25)23(19-11-6-4-7-12-19,20-13-8-5-9-14-20)21-15-10-16-22(17-21)24(2)3/h4-17H,1-3H3. The van der Waals surface area contributed by atoms with Gasteiger partial charge in [-0.25, -0.2) is 0 Å². The molecule has 0 unspecified atom stereocenters. The van der Waals surface area contributed by atoms with E-state index in [1.165, 1.54) is 0 Å². The Kier molecular flexibility index (Phi) is 4.71. The monoisotopic (exact) mass is 329 g/mol. The minimum atomic E-state index is -0.811. The Balaban J connectivity index is 2.36. The van der Waals surface area contributed by atoms with Gasteiger partial charge in [0, 0.05) is 19.8 Å². The molecule has 0 aliphatic heterocycles. The number of benzene rings is 3. The summed E-state index contributed by atoms with van der Waals surface area (Å²) in [6, 6.07) is 28.3. The largest absolute Gasteiger partial charge is 0.378 e. The average Bonchev–Trinajstić information content (AvgIpc) is 2.64. The number of anilines is 1. The molecule has 2 heteroatoms. The van der Waals surface area contributed by atoms with Crippen molar-refractivity contribution < 1.29 is 4.79 Å². The van der Waals surface area contributed by atoms with Crippen LogP contribution >= 0.6 is 0 Å². The van der Waals surface area contributed by atoms with E-state index in [4.69, 9.17) is 0 Å². The van der Waals surface area contributed by atoms with E-state index >= 15 is 0 Å². The Morgan fingerprint density at radius 3 is 1.64 bits per heavy atom. The van der Waals surface area contributed by atoms with Gasteiger partial charge in [0.2, 0.25) is 0 Å². The first-order valence-electron chi connectivity index (χ1n) is 8.46. The molecule has 0 saturated carbocycles. The molecule has 0 heterocycles. The first-order valence-corrected chi connectivity index (χ1v) is 8.46. The number of rotatable bonds is 5. The van der Waals surface area contributed by atoms with Crippen LogP contribution in [-0.4, -0.2) is 19.9 Å². The van der Waals surface area contributed by atoms with Crippen LogP contribution in [0.15, 0.2) is 84.9 Å². The third-order valence-electron chi connectivity index (χ3n) is 4.74. The maximum atomic E-state index is 13.1. The molecule has 0 radical (unpaired) electrons. The lowest BCUT2D eigenvalue weighted by atomic mass is 9.67. The van der Waals surface area contributed by atoms with Crippen molar-refractivity contribution in [1.29, 1.82) is 0 Å². The summed E-state index contributed by atoms with van der Waals surface area (Å²) in [7, 11) is 4.03. The third-order valence-corrected chi connectivity index (χ3v) is 4.74. The lowest BCUT2D eigenvalue weighted by Gasteiger charge is -2.34. The molecule has 3 aromatic rings. The molecule has 3 aromatic carbocycles. The molecule has 0 aromatic heterocycles. The summed E-state index contributed by atoms with van der Waals surface area (Å²) >= 11 is 0. The lowest BCUT2D eigenvalue weighted by Crippen LogP contribution is -2.37. The second-order valence-electron chi connectivity index (χ2n) is 6.48. The van der Waals surface area contributed by atoms with E-state index in [1.54, 1.807) is 6.92 Å². The van der Waals surface area contributed by atoms with Crippen molar-refractivity contribution in [3.63, 3.8) is 0 Å². The maximum Gasteiger partial charge on any atom is 0.149 e. The number of hydrogen-bond donors (Lipinski definition) is 0. The fourth-order valence-corrected chi connectivity index (χ4v) is 3.50. The van der Waals surface area contributed by atoms with Crippen molar-refractivity contribution in [1.82, 2.24) is 0 Å². The highest BCUT2D eigenvalue weighted by Crippen LogP contribution is 2.41. The van der Waals surface area contributed by atoms with Gasteiger partial charge < -0.3 is 4.90 Å². The first kappa shape index (κ1) is 17.0. The van der Waals surface area contributed by atoms with E-state index in [9.17, 15) is 4.79 Å². The molecule has 0 aliphatic rings. The van der Waals surface area contributed by atoms with Crippen molar-refractivity contribution in [2.24, 2.45) is 0 Å². The van der Waals surface area contributed by atoms with Crippen LogP contribution in [0.3, 0.4) is 0 Å². The van der Waals surface area contributed by atoms with E-state index in [2.05, 4.69) is 23.1 Å². The van der Waals surface area contributed by atoms with Gasteiger partial charge in [-0.05, 0) is 35.7 Å². The second kappa shape index (κ2) is 6.94. The number of carbonyl (C=O) groups excluding carboxylic acids is 1. The van der Waals surface area contributed by atoms with Crippen LogP contribution in [0.4, 0.5) is 5.69 Å². The predicted octanol–water partition coefficient (Wildman–Crippen LogP) is 4.68. The van der Waals surface area contributed by atoms with Gasteiger partial charge in [-0.2, -0.15) is 0 Å². The SMILES string of the molecule is CC(=O)C(c1ccccc1)(c1ccccc1)c1cccc(N(C)C)c1. The third kappa shape index (κ3) is 2.96. The Labute approximate surface area is 149 Å². The van der Waals surface area contributed by atoms with Crippen LogP contribution in [0, 0.1) is 0 Å². The molecule has 126 valence electrons. The van der Waals surface area contributed by atoms with E-state index in [1.807, 2.05) is 80.8 Å². The van der Waals surface area contributed by atoms with Crippen LogP contribution in [0.2, 0.25) is 0 Å². The zero-order valence-electron chi connectivity index (χ0n) is 14.9. The topological polar surface area (TPSA) is 20.3 Å². The molecule has 0 saturated heterocycles. The second-order valence-corrected chi connectivity index (χ2v) is 6.48. The smallest absolute Gasteiger partial charge is 0.149 e. The van der Waals surface area contributed by atoms with Crippen molar-refractivity contribution in [3.8, 4) is 0 Å². The Hall–Kier alpha value is -2.87. The Morgan fingerprint density at radius 2 is 1.20 bits per heavy atom. The van der Waals surface area contributed by atoms with Gasteiger partial charge in [0.15, 0.2) is 0 Å². The molecule has 0 atom stereocenters. The molecule has 0 fully saturated rings. The van der Waals surface area contributed by atoms with Crippen molar-refractivity contribution in [2.75, 3.05) is 19.0 Å². The summed E-state index contributed by atoms with van der Waals surface area (Å²) in [4.78, 5) is 15.2.